The molecule has 0 radical (unpaired) electrons. The van der Waals surface area contributed by atoms with Crippen LogP contribution in [0.5, 0.6) is 0 Å². The molecular weight excluding hydrogens is 1570 g/mol. The maximum atomic E-state index is 5.13. The average molecular weight is 1730 g/mol. The van der Waals surface area contributed by atoms with Gasteiger partial charge in [0.2, 0.25) is 0 Å². The van der Waals surface area contributed by atoms with Gasteiger partial charge in [-0.1, -0.05) is 162 Å². The summed E-state index contributed by atoms with van der Waals surface area (Å²) in [5.74, 6) is 2.95. The fourth-order valence-corrected chi connectivity index (χ4v) is 20.8. The van der Waals surface area contributed by atoms with Gasteiger partial charge in [-0.05, 0) is 329 Å². The minimum absolute atomic E-state index is 0.624. The zero-order chi connectivity index (χ0) is 89.3. The summed E-state index contributed by atoms with van der Waals surface area (Å²) in [4.78, 5) is 40.6. The van der Waals surface area contributed by atoms with Crippen molar-refractivity contribution in [2.45, 2.75) is 227 Å². The molecule has 3 unspecified atom stereocenters. The van der Waals surface area contributed by atoms with Crippen LogP contribution in [0.25, 0.3) is 0 Å². The molecule has 0 bridgehead atoms. The first-order valence-electron chi connectivity index (χ1n) is 49.2. The lowest BCUT2D eigenvalue weighted by Crippen LogP contribution is -2.55. The van der Waals surface area contributed by atoms with Gasteiger partial charge >= 0.3 is 0 Å². The van der Waals surface area contributed by atoms with E-state index in [1.165, 1.54) is 291 Å². The third-order valence-electron chi connectivity index (χ3n) is 29.1. The summed E-state index contributed by atoms with van der Waals surface area (Å²) >= 11 is 1.94. The zero-order valence-electron chi connectivity index (χ0n) is 81.3. The summed E-state index contributed by atoms with van der Waals surface area (Å²) in [5, 5.41) is 1.47. The molecule has 5 atom stereocenters. The monoisotopic (exact) mass is 1730 g/mol. The summed E-state index contributed by atoms with van der Waals surface area (Å²) in [5.41, 5.74) is 19.0. The Morgan fingerprint density at radius 3 is 1.23 bits per heavy atom. The molecule has 688 valence electrons. The molecule has 10 aliphatic heterocycles. The number of likely N-dealkylation sites (tertiary alicyclic amines) is 4. The highest BCUT2D eigenvalue weighted by molar-refractivity contribution is 7.16. The summed E-state index contributed by atoms with van der Waals surface area (Å²) in [6.07, 6.45) is 22.9. The van der Waals surface area contributed by atoms with E-state index in [1.807, 2.05) is 36.7 Å². The standard InChI is InChI=1S/C15H24N2.C15H23NO.C15H21N.C14H20N2.C14H22N2.C14H21N.C12H18N2S.C11H17N3/c1-4-14(3)16-9-11-17(12-10-16)15-7-5-13(2)6-8-15;1-13-3-5-14(6-4-13)15-7-9-16(10-8-15)11-12-17-2;1-3-10-16-11-8-15(9-12-16)14-6-4-13(2)5-7-14;1-12-4-6-13(7-5-12)16-10-9-15-8-2-3-14(15)11-16;1-11-5-7-14(8-6-11)16-9-12(2)15(4)13(3)10-16;1-3-15-10-8-14(9-11-15)13-6-4-12(2)5-7-13;1-10-4-5-12(15-10)14-8-7-13-6-2-3-11(13)9-14;1-9-7-13-11(8-12-9)10-3-5-14(2)6-4-10/h5-8,14H,4,9-12H2,1-3H3;3-6,15H,7-12H2,1-2H3;3-7,15H,1,8-12H2,2H3;4-7,14H,2-3,8-11H2,1H3;5-8,12-13H,9-10H2,1-4H3;4-7,14H,3,8-11H2,1-2H3;4-5,11H,2-3,6-9H2,1H3;7-8,10H,3-6H2,1-2H3/t;;;;12-,13+;;;. The lowest BCUT2D eigenvalue weighted by molar-refractivity contribution is 0.130. The number of aromatic nitrogens is 2. The molecule has 10 fully saturated rings. The van der Waals surface area contributed by atoms with E-state index in [-0.39, 0.29) is 0 Å². The molecule has 12 heterocycles. The molecule has 0 spiro atoms. The number of anilines is 4. The van der Waals surface area contributed by atoms with Crippen LogP contribution >= 0.6 is 11.3 Å². The van der Waals surface area contributed by atoms with Gasteiger partial charge in [0.05, 0.1) is 23.0 Å². The molecule has 0 amide bonds. The van der Waals surface area contributed by atoms with Crippen molar-refractivity contribution in [2.24, 2.45) is 0 Å². The number of nitrogens with zero attached hydrogens (tertiary/aromatic N) is 14. The van der Waals surface area contributed by atoms with Crippen molar-refractivity contribution in [1.29, 1.82) is 0 Å². The van der Waals surface area contributed by atoms with Crippen LogP contribution in [0, 0.1) is 55.4 Å². The SMILES string of the molecule is C=CCN1CCC(c2ccc(C)cc2)CC1.CCC(C)N1CCN(c2ccc(C)cc2)CC1.CCN1CCC(c2ccc(C)cc2)CC1.COCCN1CCC(c2ccc(C)cc2)CC1.Cc1ccc(N2CCN3CCCC3C2)cc1.Cc1ccc(N2CCN3CCCC3C2)s1.Cc1ccc(N2C[C@@H](C)N(C)[C@@H](C)C2)cc1.Cc1cnc(C2CCN(C)CC2)cn1. The number of piperazine rings is 4. The van der Waals surface area contributed by atoms with Gasteiger partial charge < -0.3 is 39.0 Å². The van der Waals surface area contributed by atoms with Crippen molar-refractivity contribution >= 4 is 33.4 Å². The van der Waals surface area contributed by atoms with E-state index in [9.17, 15) is 0 Å². The van der Waals surface area contributed by atoms with Crippen molar-refractivity contribution in [3.8, 4) is 0 Å². The second-order valence-electron chi connectivity index (χ2n) is 38.6. The van der Waals surface area contributed by atoms with Gasteiger partial charge in [-0.15, -0.1) is 17.9 Å². The van der Waals surface area contributed by atoms with E-state index in [0.717, 1.165) is 87.4 Å². The Balaban J connectivity index is 0.000000140. The number of aryl methyl sites for hydroxylation is 8. The molecule has 0 aliphatic carbocycles. The molecule has 10 saturated heterocycles. The van der Waals surface area contributed by atoms with E-state index >= 15 is 0 Å². The van der Waals surface area contributed by atoms with Crippen LogP contribution in [0.3, 0.4) is 0 Å². The fraction of sp³-hybridized carbons (Fsp3) is 0.582. The van der Waals surface area contributed by atoms with Crippen molar-refractivity contribution in [3.05, 3.63) is 249 Å². The van der Waals surface area contributed by atoms with Gasteiger partial charge in [-0.2, -0.15) is 0 Å². The summed E-state index contributed by atoms with van der Waals surface area (Å²) in [6.45, 7) is 63.3. The Hall–Kier alpha value is -7.32. The summed E-state index contributed by atoms with van der Waals surface area (Å²) < 4.78 is 5.13. The van der Waals surface area contributed by atoms with Gasteiger partial charge in [0.1, 0.15) is 0 Å². The third-order valence-corrected chi connectivity index (χ3v) is 30.2. The molecule has 0 saturated carbocycles. The Labute approximate surface area is 770 Å². The van der Waals surface area contributed by atoms with Gasteiger partial charge in [-0.25, -0.2) is 0 Å². The van der Waals surface area contributed by atoms with Crippen molar-refractivity contribution in [1.82, 2.24) is 49.2 Å². The largest absolute Gasteiger partial charge is 0.383 e. The number of methoxy groups -OCH3 is 1. The molecule has 8 aromatic rings. The minimum atomic E-state index is 0.624. The first kappa shape index (κ1) is 99.3. The third kappa shape index (κ3) is 31.5. The van der Waals surface area contributed by atoms with Crippen LogP contribution in [-0.2, 0) is 4.74 Å². The molecule has 0 N–H and O–H groups in total. The Bertz CT molecular complexity index is 4280. The number of ether oxygens (including phenoxy) is 1. The van der Waals surface area contributed by atoms with Crippen molar-refractivity contribution in [3.63, 3.8) is 0 Å². The first-order chi connectivity index (χ1) is 61.1. The van der Waals surface area contributed by atoms with E-state index in [0.29, 0.717) is 18.0 Å². The Kier molecular flexibility index (Phi) is 40.9. The highest BCUT2D eigenvalue weighted by atomic mass is 32.1. The minimum Gasteiger partial charge on any atom is -0.383 e. The molecule has 2 aromatic heterocycles. The van der Waals surface area contributed by atoms with Crippen molar-refractivity contribution < 1.29 is 4.74 Å². The number of hydrogen-bond acceptors (Lipinski definition) is 16. The first-order valence-corrected chi connectivity index (χ1v) is 50.0. The van der Waals surface area contributed by atoms with E-state index < -0.39 is 0 Å². The van der Waals surface area contributed by atoms with Gasteiger partial charge in [0.15, 0.2) is 0 Å². The fourth-order valence-electron chi connectivity index (χ4n) is 19.9. The van der Waals surface area contributed by atoms with Gasteiger partial charge in [0.25, 0.3) is 0 Å². The highest BCUT2D eigenvalue weighted by Crippen LogP contribution is 2.35. The van der Waals surface area contributed by atoms with Crippen LogP contribution in [0.15, 0.2) is 183 Å². The molecule has 10 aliphatic rings. The maximum absolute atomic E-state index is 5.13. The van der Waals surface area contributed by atoms with E-state index in [1.54, 1.807) is 7.11 Å². The summed E-state index contributed by atoms with van der Waals surface area (Å²) in [6, 6.07) is 62.1. The molecule has 16 heteroatoms. The number of likely N-dealkylation sites (N-methyl/N-ethyl adjacent to an activating group) is 1. The summed E-state index contributed by atoms with van der Waals surface area (Å²) in [7, 11) is 6.18. The molecule has 126 heavy (non-hydrogen) atoms. The van der Waals surface area contributed by atoms with Crippen molar-refractivity contribution in [2.75, 3.05) is 211 Å². The molecule has 18 rings (SSSR count). The van der Waals surface area contributed by atoms with Gasteiger partial charge in [0, 0.05) is 169 Å². The van der Waals surface area contributed by atoms with Crippen LogP contribution in [0.2, 0.25) is 0 Å². The number of fused-ring (bicyclic) bond motifs is 2. The topological polar surface area (TPSA) is 73.9 Å². The Morgan fingerprint density at radius 2 is 0.817 bits per heavy atom. The van der Waals surface area contributed by atoms with Crippen LogP contribution in [0.4, 0.5) is 22.1 Å². The number of benzene rings is 6. The Morgan fingerprint density at radius 1 is 0.413 bits per heavy atom. The average Bonchev–Trinajstić information content (AvgIpc) is 1.52. The highest BCUT2D eigenvalue weighted by Gasteiger charge is 2.34. The van der Waals surface area contributed by atoms with Gasteiger partial charge in [-0.3, -0.25) is 34.5 Å². The predicted octanol–water partition coefficient (Wildman–Crippen LogP) is 21.0. The second kappa shape index (κ2) is 51.9. The van der Waals surface area contributed by atoms with Crippen LogP contribution in [-0.4, -0.2) is 271 Å². The zero-order valence-corrected chi connectivity index (χ0v) is 82.1. The van der Waals surface area contributed by atoms with Crippen LogP contribution < -0.4 is 19.6 Å². The van der Waals surface area contributed by atoms with Crippen LogP contribution in [0.1, 0.15) is 208 Å². The lowest BCUT2D eigenvalue weighted by atomic mass is 9.89. The van der Waals surface area contributed by atoms with E-state index in [4.69, 9.17) is 4.74 Å². The smallest absolute Gasteiger partial charge is 0.0912 e. The number of thiophene rings is 1. The van der Waals surface area contributed by atoms with E-state index in [2.05, 4.69) is 330 Å². The molecule has 15 nitrogen and oxygen atoms in total. The quantitative estimate of drug-likeness (QED) is 0.0862. The second-order valence-corrected chi connectivity index (χ2v) is 39.8. The normalized spacial score (nSPS) is 21.9. The maximum Gasteiger partial charge on any atom is 0.0912 e. The molecule has 6 aromatic carbocycles. The molecular formula is C110H166N14OS. The number of piperidine rings is 4. The number of rotatable bonds is 16. The number of hydrogen-bond donors (Lipinski definition) is 0. The lowest BCUT2D eigenvalue weighted by Gasteiger charge is -2.43. The predicted molar refractivity (Wildman–Crippen MR) is 541 cm³/mol.